The highest BCUT2D eigenvalue weighted by Crippen LogP contribution is 2.46. The molecule has 60 heavy (non-hydrogen) atoms. The molecule has 1 saturated heterocycles. The van der Waals surface area contributed by atoms with Gasteiger partial charge >= 0.3 is 11.8 Å². The number of nitrogens with one attached hydrogen (secondary N) is 2. The van der Waals surface area contributed by atoms with Crippen molar-refractivity contribution in [1.82, 2.24) is 14.9 Å². The Morgan fingerprint density at radius 1 is 0.683 bits per heavy atom. The van der Waals surface area contributed by atoms with Crippen LogP contribution >= 0.6 is 0 Å². The minimum Gasteiger partial charge on any atom is -0.414 e. The van der Waals surface area contributed by atoms with Gasteiger partial charge < -0.3 is 28.2 Å². The molecule has 0 bridgehead atoms. The molecule has 1 unspecified atom stereocenters. The molecule has 1 fully saturated rings. The van der Waals surface area contributed by atoms with Gasteiger partial charge in [0.2, 0.25) is 0 Å². The van der Waals surface area contributed by atoms with E-state index in [1.165, 1.54) is 94.5 Å². The van der Waals surface area contributed by atoms with Crippen LogP contribution in [0.5, 0.6) is 0 Å². The summed E-state index contributed by atoms with van der Waals surface area (Å²) in [5, 5.41) is 2.63. The summed E-state index contributed by atoms with van der Waals surface area (Å²) in [4.78, 5) is 35.8. The van der Waals surface area contributed by atoms with Crippen molar-refractivity contribution in [2.45, 2.75) is 251 Å². The molecule has 0 spiro atoms. The molecule has 2 heterocycles. The number of carbonyl (C=O) groups excluding carboxylic acids is 1. The van der Waals surface area contributed by atoms with E-state index in [4.69, 9.17) is 22.9 Å². The minimum atomic E-state index is -2.40. The number of rotatable bonds is 27. The number of amides is 1. The van der Waals surface area contributed by atoms with Gasteiger partial charge in [-0.3, -0.25) is 4.57 Å². The molecule has 0 aromatic carbocycles. The Hall–Kier alpha value is -1.56. The van der Waals surface area contributed by atoms with Crippen LogP contribution in [0.15, 0.2) is 17.1 Å². The molecule has 14 heteroatoms. The summed E-state index contributed by atoms with van der Waals surface area (Å²) in [7, 11) is -6.91. The van der Waals surface area contributed by atoms with E-state index in [9.17, 15) is 9.59 Å². The largest absolute Gasteiger partial charge is 0.431 e. The van der Waals surface area contributed by atoms with Crippen molar-refractivity contribution >= 4 is 36.9 Å². The number of anilines is 1. The molecule has 0 saturated carbocycles. The molecule has 2 rings (SSSR count). The number of nitrogens with zero attached hydrogens (tertiary/aromatic N) is 2. The van der Waals surface area contributed by atoms with Crippen LogP contribution in [0, 0.1) is 0 Å². The average Bonchev–Trinajstić information content (AvgIpc) is 3.44. The van der Waals surface area contributed by atoms with Crippen LogP contribution in [0.2, 0.25) is 54.4 Å². The van der Waals surface area contributed by atoms with E-state index in [1.807, 2.05) is 0 Å². The van der Waals surface area contributed by atoms with Crippen molar-refractivity contribution in [3.05, 3.63) is 22.7 Å². The Labute approximate surface area is 370 Å². The normalized spacial score (nSPS) is 19.5. The zero-order valence-corrected chi connectivity index (χ0v) is 44.4. The third-order valence-electron chi connectivity index (χ3n) is 13.8. The lowest BCUT2D eigenvalue weighted by Crippen LogP contribution is -2.54. The molecule has 11 nitrogen and oxygen atoms in total. The van der Waals surface area contributed by atoms with E-state index in [0.29, 0.717) is 13.2 Å². The molecule has 1 aromatic heterocycles. The smallest absolute Gasteiger partial charge is 0.414 e. The van der Waals surface area contributed by atoms with Crippen LogP contribution in [0.4, 0.5) is 10.6 Å². The Morgan fingerprint density at radius 2 is 1.12 bits per heavy atom. The number of ether oxygens (including phenoxy) is 1. The van der Waals surface area contributed by atoms with E-state index in [0.717, 1.165) is 12.8 Å². The summed E-state index contributed by atoms with van der Waals surface area (Å²) in [6, 6.07) is 1.61. The second-order valence-corrected chi connectivity index (χ2v) is 36.4. The van der Waals surface area contributed by atoms with Gasteiger partial charge in [0.1, 0.15) is 18.3 Å². The fourth-order valence-corrected chi connectivity index (χ4v) is 10.2. The number of hydrogen-bond acceptors (Lipinski definition) is 9. The summed E-state index contributed by atoms with van der Waals surface area (Å²) >= 11 is 0. The standard InChI is InChI=1S/C46H92N4O7Si3/c1-17-18-19-20-21-22-23-24-25-26-27-28-29-30-31-32-34-47-43(52)55-49-38-33-35-50(42(51)48-38)41-40(57-60(15,16)46(8,9)10)39(56-59(13,14)45(5,6)7)37(54-41)36-53-58(11,12)44(2,3)4/h33,35,37,39-41H,17-32,34,36H2,1-16H3,(H,47,52)(H,48,49,51)/t37-,39+,40?,41-/m1/s1. The molecular weight excluding hydrogens is 805 g/mol. The second kappa shape index (κ2) is 24.5. The highest BCUT2D eigenvalue weighted by molar-refractivity contribution is 6.75. The van der Waals surface area contributed by atoms with Gasteiger partial charge in [0.05, 0.1) is 6.61 Å². The Balaban J connectivity index is 2.01. The summed E-state index contributed by atoms with van der Waals surface area (Å²) in [5.41, 5.74) is 2.01. The van der Waals surface area contributed by atoms with Gasteiger partial charge in [0.25, 0.3) is 0 Å². The van der Waals surface area contributed by atoms with E-state index in [2.05, 4.69) is 124 Å². The molecule has 1 aliphatic rings. The number of carbonyl (C=O) groups is 1. The molecule has 1 amide bonds. The van der Waals surface area contributed by atoms with E-state index >= 15 is 0 Å². The highest BCUT2D eigenvalue weighted by atomic mass is 28.4. The summed E-state index contributed by atoms with van der Waals surface area (Å²) in [6.45, 7) is 36.5. The molecule has 4 atom stereocenters. The Morgan fingerprint density at radius 3 is 1.55 bits per heavy atom. The van der Waals surface area contributed by atoms with Crippen LogP contribution < -0.4 is 16.5 Å². The summed E-state index contributed by atoms with van der Waals surface area (Å²) in [6.07, 6.45) is 19.5. The van der Waals surface area contributed by atoms with Crippen LogP contribution in [0.25, 0.3) is 0 Å². The third kappa shape index (κ3) is 17.9. The molecule has 1 aliphatic heterocycles. The predicted octanol–water partition coefficient (Wildman–Crippen LogP) is 13.3. The summed E-state index contributed by atoms with van der Waals surface area (Å²) < 4.78 is 29.5. The Kier molecular flexibility index (Phi) is 22.3. The van der Waals surface area contributed by atoms with Crippen molar-refractivity contribution < 1.29 is 27.6 Å². The van der Waals surface area contributed by atoms with Gasteiger partial charge in [-0.15, -0.1) is 0 Å². The number of aromatic nitrogens is 2. The lowest BCUT2D eigenvalue weighted by atomic mass is 10.0. The SMILES string of the molecule is CCCCCCCCCCCCCCCCCCNC(=O)ONc1ccn([C@@H]2O[C@H](CO[Si](C)(C)C(C)(C)C)[C@H](O[Si](C)(C)C(C)(C)C)C2O[Si](C)(C)C(C)(C)C)c(=O)n1. The van der Waals surface area contributed by atoms with Crippen molar-refractivity contribution in [2.75, 3.05) is 18.6 Å². The second-order valence-electron chi connectivity index (χ2n) is 22.0. The third-order valence-corrected chi connectivity index (χ3v) is 27.3. The first kappa shape index (κ1) is 54.6. The molecular formula is C46H92N4O7Si3. The Bertz CT molecular complexity index is 1450. The van der Waals surface area contributed by atoms with Gasteiger partial charge in [-0.05, 0) is 60.8 Å². The van der Waals surface area contributed by atoms with Crippen LogP contribution in [-0.2, 0) is 22.9 Å². The van der Waals surface area contributed by atoms with Crippen molar-refractivity contribution in [2.24, 2.45) is 0 Å². The predicted molar refractivity (Wildman–Crippen MR) is 257 cm³/mol. The fraction of sp³-hybridized carbons (Fsp3) is 0.891. The quantitative estimate of drug-likeness (QED) is 0.0505. The lowest BCUT2D eigenvalue weighted by Gasteiger charge is -2.44. The van der Waals surface area contributed by atoms with E-state index in [-0.39, 0.29) is 20.9 Å². The maximum absolute atomic E-state index is 13.8. The van der Waals surface area contributed by atoms with E-state index < -0.39 is 61.3 Å². The van der Waals surface area contributed by atoms with Crippen LogP contribution in [-0.4, -0.2) is 72.1 Å². The molecule has 350 valence electrons. The molecule has 0 aliphatic carbocycles. The zero-order chi connectivity index (χ0) is 45.4. The van der Waals surface area contributed by atoms with Gasteiger partial charge in [-0.25, -0.2) is 9.59 Å². The average molecular weight is 898 g/mol. The maximum atomic E-state index is 13.8. The first-order valence-electron chi connectivity index (χ1n) is 23.7. The van der Waals surface area contributed by atoms with Gasteiger partial charge in [0, 0.05) is 18.8 Å². The van der Waals surface area contributed by atoms with E-state index in [1.54, 1.807) is 12.3 Å². The van der Waals surface area contributed by atoms with Gasteiger partial charge in [-0.2, -0.15) is 10.5 Å². The maximum Gasteiger partial charge on any atom is 0.431 e. The van der Waals surface area contributed by atoms with Gasteiger partial charge in [-0.1, -0.05) is 166 Å². The lowest BCUT2D eigenvalue weighted by molar-refractivity contribution is -0.0509. The highest BCUT2D eigenvalue weighted by Gasteiger charge is 2.55. The summed E-state index contributed by atoms with van der Waals surface area (Å²) in [5.74, 6) is 0.126. The molecule has 2 N–H and O–H groups in total. The molecule has 1 aromatic rings. The monoisotopic (exact) mass is 897 g/mol. The first-order chi connectivity index (χ1) is 27.7. The van der Waals surface area contributed by atoms with Crippen molar-refractivity contribution in [3.63, 3.8) is 0 Å². The first-order valence-corrected chi connectivity index (χ1v) is 32.4. The minimum absolute atomic E-state index is 0.00598. The van der Waals surface area contributed by atoms with Crippen molar-refractivity contribution in [1.29, 1.82) is 0 Å². The van der Waals surface area contributed by atoms with Crippen molar-refractivity contribution in [3.8, 4) is 0 Å². The topological polar surface area (TPSA) is 122 Å². The fourth-order valence-electron chi connectivity index (χ4n) is 6.54. The van der Waals surface area contributed by atoms with Crippen LogP contribution in [0.3, 0.4) is 0 Å². The number of unbranched alkanes of at least 4 members (excludes halogenated alkanes) is 15. The van der Waals surface area contributed by atoms with Crippen LogP contribution in [0.1, 0.15) is 178 Å². The molecule has 0 radical (unpaired) electrons. The zero-order valence-electron chi connectivity index (χ0n) is 41.4. The number of hydrogen-bond donors (Lipinski definition) is 2. The van der Waals surface area contributed by atoms with Gasteiger partial charge in [0.15, 0.2) is 37.0 Å².